The smallest absolute Gasteiger partial charge is 0.305 e. The van der Waals surface area contributed by atoms with Crippen LogP contribution < -0.4 is 0 Å². The van der Waals surface area contributed by atoms with Gasteiger partial charge in [-0.3, -0.25) is 9.59 Å². The highest BCUT2D eigenvalue weighted by molar-refractivity contribution is 5.83. The molecule has 164 valence electrons. The van der Waals surface area contributed by atoms with Gasteiger partial charge in [0.15, 0.2) is 0 Å². The summed E-state index contributed by atoms with van der Waals surface area (Å²) in [5, 5.41) is 0. The Bertz CT molecular complexity index is 656. The molecule has 3 heteroatoms. The van der Waals surface area contributed by atoms with Gasteiger partial charge in [-0.25, -0.2) is 0 Å². The van der Waals surface area contributed by atoms with Crippen LogP contribution in [0.4, 0.5) is 0 Å². The summed E-state index contributed by atoms with van der Waals surface area (Å²) in [5.41, 5.74) is 0.665. The SMILES string of the molecule is COC(=O)CC[C@@H](C)C1CCC2C3C(=O)CC4C[C@H](C)CC[C@]4(C)C3CC[C@@]21C. The number of esters is 1. The zero-order chi connectivity index (χ0) is 21.0. The van der Waals surface area contributed by atoms with Gasteiger partial charge in [0.25, 0.3) is 0 Å². The van der Waals surface area contributed by atoms with Crippen LogP contribution in [0.3, 0.4) is 0 Å². The lowest BCUT2D eigenvalue weighted by Gasteiger charge is -2.60. The number of carbonyl (C=O) groups excluding carboxylic acids is 2. The molecule has 4 aliphatic rings. The summed E-state index contributed by atoms with van der Waals surface area (Å²) in [7, 11) is 1.48. The molecule has 0 bridgehead atoms. The fourth-order valence-corrected chi connectivity index (χ4v) is 8.77. The average Bonchev–Trinajstić information content (AvgIpc) is 3.04. The highest BCUT2D eigenvalue weighted by Gasteiger charge is 2.62. The van der Waals surface area contributed by atoms with Crippen LogP contribution in [-0.2, 0) is 14.3 Å². The van der Waals surface area contributed by atoms with E-state index in [-0.39, 0.29) is 11.4 Å². The van der Waals surface area contributed by atoms with Crippen LogP contribution >= 0.6 is 0 Å². The molecule has 0 amide bonds. The number of fused-ring (bicyclic) bond motifs is 5. The zero-order valence-corrected chi connectivity index (χ0v) is 19.3. The van der Waals surface area contributed by atoms with Crippen molar-refractivity contribution in [2.75, 3.05) is 7.11 Å². The summed E-state index contributed by atoms with van der Waals surface area (Å²) >= 11 is 0. The first-order valence-electron chi connectivity index (χ1n) is 12.3. The van der Waals surface area contributed by atoms with Crippen LogP contribution in [0.15, 0.2) is 0 Å². The van der Waals surface area contributed by atoms with E-state index in [1.807, 2.05) is 0 Å². The third kappa shape index (κ3) is 3.39. The second-order valence-corrected chi connectivity index (χ2v) is 11.8. The van der Waals surface area contributed by atoms with Crippen LogP contribution in [0.1, 0.15) is 91.9 Å². The van der Waals surface area contributed by atoms with Crippen molar-refractivity contribution >= 4 is 11.8 Å². The van der Waals surface area contributed by atoms with E-state index < -0.39 is 0 Å². The molecule has 4 aliphatic carbocycles. The number of carbonyl (C=O) groups is 2. The molecule has 3 nitrogen and oxygen atoms in total. The maximum absolute atomic E-state index is 13.5. The molecule has 0 N–H and O–H groups in total. The predicted molar refractivity (Wildman–Crippen MR) is 115 cm³/mol. The molecule has 0 heterocycles. The minimum Gasteiger partial charge on any atom is -0.469 e. The van der Waals surface area contributed by atoms with E-state index in [0.717, 1.165) is 18.8 Å². The maximum atomic E-state index is 13.5. The van der Waals surface area contributed by atoms with Gasteiger partial charge in [0.05, 0.1) is 7.11 Å². The molecule has 0 aromatic heterocycles. The van der Waals surface area contributed by atoms with Crippen LogP contribution in [0.5, 0.6) is 0 Å². The Hall–Kier alpha value is -0.860. The van der Waals surface area contributed by atoms with Gasteiger partial charge in [-0.2, -0.15) is 0 Å². The van der Waals surface area contributed by atoms with Gasteiger partial charge < -0.3 is 4.74 Å². The van der Waals surface area contributed by atoms with Gasteiger partial charge in [-0.15, -0.1) is 0 Å². The van der Waals surface area contributed by atoms with Crippen molar-refractivity contribution in [1.29, 1.82) is 0 Å². The molecule has 0 aromatic rings. The quantitative estimate of drug-likeness (QED) is 0.538. The van der Waals surface area contributed by atoms with E-state index in [1.54, 1.807) is 0 Å². The van der Waals surface area contributed by atoms with Gasteiger partial charge >= 0.3 is 5.97 Å². The van der Waals surface area contributed by atoms with E-state index in [4.69, 9.17) is 4.74 Å². The first kappa shape index (κ1) is 21.4. The topological polar surface area (TPSA) is 43.4 Å². The summed E-state index contributed by atoms with van der Waals surface area (Å²) in [6.45, 7) is 9.74. The zero-order valence-electron chi connectivity index (χ0n) is 19.3. The van der Waals surface area contributed by atoms with Crippen LogP contribution in [0.2, 0.25) is 0 Å². The summed E-state index contributed by atoms with van der Waals surface area (Å²) in [4.78, 5) is 25.1. The molecule has 4 saturated carbocycles. The molecule has 0 aromatic carbocycles. The molecule has 0 saturated heterocycles. The van der Waals surface area contributed by atoms with Crippen molar-refractivity contribution in [1.82, 2.24) is 0 Å². The Labute approximate surface area is 177 Å². The lowest BCUT2D eigenvalue weighted by Crippen LogP contribution is -2.57. The Morgan fingerprint density at radius 1 is 1.10 bits per heavy atom. The Morgan fingerprint density at radius 2 is 1.79 bits per heavy atom. The summed E-state index contributed by atoms with van der Waals surface area (Å²) < 4.78 is 4.87. The number of Topliss-reactive ketones (excluding diaryl/α,β-unsaturated/α-hetero) is 1. The molecular formula is C26H42O3. The Morgan fingerprint density at radius 3 is 2.52 bits per heavy atom. The molecule has 9 atom stereocenters. The van der Waals surface area contributed by atoms with E-state index in [1.165, 1.54) is 52.1 Å². The maximum Gasteiger partial charge on any atom is 0.305 e. The Kier molecular flexibility index (Phi) is 5.66. The van der Waals surface area contributed by atoms with Gasteiger partial charge in [0.1, 0.15) is 5.78 Å². The molecule has 0 spiro atoms. The van der Waals surface area contributed by atoms with Crippen molar-refractivity contribution in [3.63, 3.8) is 0 Å². The minimum atomic E-state index is -0.0896. The van der Waals surface area contributed by atoms with Crippen molar-refractivity contribution in [3.8, 4) is 0 Å². The molecule has 4 rings (SSSR count). The van der Waals surface area contributed by atoms with Crippen molar-refractivity contribution < 1.29 is 14.3 Å². The fourth-order valence-electron chi connectivity index (χ4n) is 8.77. The van der Waals surface area contributed by atoms with Gasteiger partial charge in [0.2, 0.25) is 0 Å². The second-order valence-electron chi connectivity index (χ2n) is 11.8. The summed E-state index contributed by atoms with van der Waals surface area (Å²) in [6, 6.07) is 0. The lowest BCUT2D eigenvalue weighted by molar-refractivity contribution is -0.158. The standard InChI is InChI=1S/C26H42O3/c1-16-10-12-25(3)18(14-16)15-22(27)24-20-8-7-19(17(2)6-9-23(28)29-5)26(20,4)13-11-21(24)25/h16-21,24H,6-15H2,1-5H3/t16-,17-,18?,19?,20?,21?,24?,25+,26-/m1/s1. The first-order chi connectivity index (χ1) is 13.7. The summed E-state index contributed by atoms with van der Waals surface area (Å²) in [6.07, 6.45) is 11.2. The summed E-state index contributed by atoms with van der Waals surface area (Å²) in [5.74, 6) is 4.58. The monoisotopic (exact) mass is 402 g/mol. The molecule has 0 radical (unpaired) electrons. The highest BCUT2D eigenvalue weighted by Crippen LogP contribution is 2.67. The predicted octanol–water partition coefficient (Wildman–Crippen LogP) is 6.05. The molecule has 5 unspecified atom stereocenters. The number of hydrogen-bond acceptors (Lipinski definition) is 3. The average molecular weight is 403 g/mol. The highest BCUT2D eigenvalue weighted by atomic mass is 16.5. The third-order valence-electron chi connectivity index (χ3n) is 10.5. The fraction of sp³-hybridized carbons (Fsp3) is 0.923. The van der Waals surface area contributed by atoms with Crippen molar-refractivity contribution in [3.05, 3.63) is 0 Å². The molecule has 4 fully saturated rings. The van der Waals surface area contributed by atoms with Crippen LogP contribution in [0, 0.1) is 52.3 Å². The van der Waals surface area contributed by atoms with Crippen LogP contribution in [0.25, 0.3) is 0 Å². The van der Waals surface area contributed by atoms with E-state index >= 15 is 0 Å². The Balaban J connectivity index is 1.53. The number of rotatable bonds is 4. The second kappa shape index (κ2) is 7.68. The largest absolute Gasteiger partial charge is 0.469 e. The lowest BCUT2D eigenvalue weighted by atomic mass is 9.43. The molecule has 29 heavy (non-hydrogen) atoms. The number of hydrogen-bond donors (Lipinski definition) is 0. The van der Waals surface area contributed by atoms with Crippen molar-refractivity contribution in [2.45, 2.75) is 91.9 Å². The van der Waals surface area contributed by atoms with E-state index in [9.17, 15) is 9.59 Å². The normalized spacial score (nSPS) is 47.7. The molecule has 0 aliphatic heterocycles. The number of methoxy groups -OCH3 is 1. The number of ether oxygens (including phenoxy) is 1. The number of ketones is 1. The minimum absolute atomic E-state index is 0.0896. The van der Waals surface area contributed by atoms with E-state index in [0.29, 0.717) is 53.1 Å². The third-order valence-corrected chi connectivity index (χ3v) is 10.5. The van der Waals surface area contributed by atoms with Crippen molar-refractivity contribution in [2.24, 2.45) is 52.3 Å². The van der Waals surface area contributed by atoms with Crippen LogP contribution in [-0.4, -0.2) is 18.9 Å². The van der Waals surface area contributed by atoms with Gasteiger partial charge in [-0.05, 0) is 91.3 Å². The molecular weight excluding hydrogens is 360 g/mol. The van der Waals surface area contributed by atoms with Gasteiger partial charge in [-0.1, -0.05) is 34.1 Å². The first-order valence-corrected chi connectivity index (χ1v) is 12.3. The van der Waals surface area contributed by atoms with Gasteiger partial charge in [0, 0.05) is 18.8 Å². The van der Waals surface area contributed by atoms with E-state index in [2.05, 4.69) is 27.7 Å².